The van der Waals surface area contributed by atoms with Crippen LogP contribution >= 0.6 is 0 Å². The van der Waals surface area contributed by atoms with Gasteiger partial charge in [-0.2, -0.15) is 0 Å². The lowest BCUT2D eigenvalue weighted by atomic mass is 10.3. The van der Waals surface area contributed by atoms with Crippen LogP contribution in [0.1, 0.15) is 5.56 Å². The van der Waals surface area contributed by atoms with E-state index in [9.17, 15) is 0 Å². The van der Waals surface area contributed by atoms with Crippen molar-refractivity contribution in [3.05, 3.63) is 30.1 Å². The number of carbonyl (C=O) groups is 2. The molecular weight excluding hydrogens is 174 g/mol. The van der Waals surface area contributed by atoms with E-state index in [1.807, 2.05) is 19.1 Å². The van der Waals surface area contributed by atoms with Gasteiger partial charge in [-0.15, -0.1) is 0 Å². The largest absolute Gasteiger partial charge is 0.473 e. The van der Waals surface area contributed by atoms with Crippen molar-refractivity contribution in [2.75, 3.05) is 0 Å². The van der Waals surface area contributed by atoms with Crippen LogP contribution < -0.4 is 0 Å². The minimum Gasteiger partial charge on any atom is -0.473 e. The molecule has 0 spiro atoms. The molecule has 0 aromatic carbocycles. The number of aliphatic carboxylic acids is 2. The number of carboxylic acid groups (broad SMARTS) is 2. The van der Waals surface area contributed by atoms with Crippen molar-refractivity contribution >= 4 is 11.9 Å². The van der Waals surface area contributed by atoms with E-state index < -0.39 is 11.9 Å². The smallest absolute Gasteiger partial charge is 0.414 e. The molecule has 0 bridgehead atoms. The molecule has 0 saturated heterocycles. The number of rotatable bonds is 0. The van der Waals surface area contributed by atoms with Crippen molar-refractivity contribution in [3.63, 3.8) is 0 Å². The van der Waals surface area contributed by atoms with Gasteiger partial charge in [0.1, 0.15) is 0 Å². The average Bonchev–Trinajstić information content (AvgIpc) is 2.06. The van der Waals surface area contributed by atoms with Crippen LogP contribution in [0, 0.1) is 6.92 Å². The molecule has 0 aliphatic heterocycles. The van der Waals surface area contributed by atoms with Gasteiger partial charge in [0, 0.05) is 12.4 Å². The highest BCUT2D eigenvalue weighted by Crippen LogP contribution is 1.88. The van der Waals surface area contributed by atoms with Gasteiger partial charge in [0.05, 0.1) is 0 Å². The molecule has 0 fully saturated rings. The summed E-state index contributed by atoms with van der Waals surface area (Å²) in [5, 5.41) is 14.8. The quantitative estimate of drug-likeness (QED) is 0.573. The summed E-state index contributed by atoms with van der Waals surface area (Å²) in [5.41, 5.74) is 1.26. The zero-order valence-corrected chi connectivity index (χ0v) is 6.97. The van der Waals surface area contributed by atoms with Gasteiger partial charge in [-0.05, 0) is 24.6 Å². The first-order chi connectivity index (χ1) is 6.04. The van der Waals surface area contributed by atoms with E-state index in [1.165, 1.54) is 5.56 Å². The van der Waals surface area contributed by atoms with Crippen molar-refractivity contribution in [1.82, 2.24) is 4.98 Å². The van der Waals surface area contributed by atoms with Crippen molar-refractivity contribution in [3.8, 4) is 0 Å². The zero-order chi connectivity index (χ0) is 10.3. The highest BCUT2D eigenvalue weighted by atomic mass is 16.4. The third-order valence-electron chi connectivity index (χ3n) is 1.03. The number of hydrogen-bond acceptors (Lipinski definition) is 3. The Hall–Kier alpha value is -1.91. The molecule has 0 unspecified atom stereocenters. The van der Waals surface area contributed by atoms with Crippen molar-refractivity contribution in [2.24, 2.45) is 0 Å². The van der Waals surface area contributed by atoms with Crippen LogP contribution in [0.15, 0.2) is 24.5 Å². The molecule has 0 aliphatic carbocycles. The molecule has 70 valence electrons. The van der Waals surface area contributed by atoms with Crippen LogP contribution in [-0.4, -0.2) is 27.1 Å². The van der Waals surface area contributed by atoms with Gasteiger partial charge < -0.3 is 10.2 Å². The van der Waals surface area contributed by atoms with Gasteiger partial charge in [0.2, 0.25) is 0 Å². The summed E-state index contributed by atoms with van der Waals surface area (Å²) < 4.78 is 0. The molecule has 0 radical (unpaired) electrons. The van der Waals surface area contributed by atoms with Crippen molar-refractivity contribution in [2.45, 2.75) is 6.92 Å². The second-order valence-electron chi connectivity index (χ2n) is 2.13. The third-order valence-corrected chi connectivity index (χ3v) is 1.03. The molecule has 5 nitrogen and oxygen atoms in total. The first-order valence-corrected chi connectivity index (χ1v) is 3.37. The summed E-state index contributed by atoms with van der Waals surface area (Å²) in [6, 6.07) is 3.94. The number of aromatic nitrogens is 1. The van der Waals surface area contributed by atoms with Crippen LogP contribution in [0.5, 0.6) is 0 Å². The number of aryl methyl sites for hydroxylation is 1. The fraction of sp³-hybridized carbons (Fsp3) is 0.125. The van der Waals surface area contributed by atoms with Crippen molar-refractivity contribution < 1.29 is 19.8 Å². The Labute approximate surface area is 74.7 Å². The fourth-order valence-electron chi connectivity index (χ4n) is 0.426. The summed E-state index contributed by atoms with van der Waals surface area (Å²) >= 11 is 0. The highest BCUT2D eigenvalue weighted by molar-refractivity contribution is 6.27. The molecule has 0 atom stereocenters. The highest BCUT2D eigenvalue weighted by Gasteiger charge is 2.04. The lowest BCUT2D eigenvalue weighted by molar-refractivity contribution is -0.159. The normalized spacial score (nSPS) is 8.08. The van der Waals surface area contributed by atoms with E-state index in [-0.39, 0.29) is 0 Å². The summed E-state index contributed by atoms with van der Waals surface area (Å²) in [6.45, 7) is 2.04. The summed E-state index contributed by atoms with van der Waals surface area (Å²) in [4.78, 5) is 22.0. The standard InChI is InChI=1S/C6H7N.C2H2O4/c1-6-2-4-7-5-3-6;3-1(4)2(5)6/h2-5H,1H3;(H,3,4)(H,5,6). The van der Waals surface area contributed by atoms with Gasteiger partial charge >= 0.3 is 11.9 Å². The number of carboxylic acids is 2. The molecule has 1 aromatic rings. The van der Waals surface area contributed by atoms with E-state index >= 15 is 0 Å². The third kappa shape index (κ3) is 6.49. The first kappa shape index (κ1) is 11.1. The van der Waals surface area contributed by atoms with E-state index in [0.717, 1.165) is 0 Å². The van der Waals surface area contributed by atoms with E-state index in [4.69, 9.17) is 19.8 Å². The number of hydrogen-bond donors (Lipinski definition) is 2. The van der Waals surface area contributed by atoms with Gasteiger partial charge in [-0.25, -0.2) is 9.59 Å². The maximum absolute atomic E-state index is 9.10. The summed E-state index contributed by atoms with van der Waals surface area (Å²) in [6.07, 6.45) is 3.57. The molecule has 13 heavy (non-hydrogen) atoms. The maximum Gasteiger partial charge on any atom is 0.414 e. The second kappa shape index (κ2) is 5.70. The lowest BCUT2D eigenvalue weighted by Crippen LogP contribution is -2.09. The molecular formula is C8H9NO4. The molecule has 1 heterocycles. The predicted octanol–water partition coefficient (Wildman–Crippen LogP) is 0.546. The van der Waals surface area contributed by atoms with E-state index in [0.29, 0.717) is 0 Å². The van der Waals surface area contributed by atoms with Gasteiger partial charge in [-0.1, -0.05) is 0 Å². The minimum atomic E-state index is -1.82. The van der Waals surface area contributed by atoms with Crippen LogP contribution in [0.2, 0.25) is 0 Å². The Morgan fingerprint density at radius 1 is 1.15 bits per heavy atom. The van der Waals surface area contributed by atoms with Crippen LogP contribution in [0.25, 0.3) is 0 Å². The summed E-state index contributed by atoms with van der Waals surface area (Å²) in [5.74, 6) is -3.65. The van der Waals surface area contributed by atoms with Crippen LogP contribution in [-0.2, 0) is 9.59 Å². The topological polar surface area (TPSA) is 87.5 Å². The molecule has 0 saturated carbocycles. The van der Waals surface area contributed by atoms with Gasteiger partial charge in [-0.3, -0.25) is 4.98 Å². The Kier molecular flexibility index (Phi) is 4.87. The van der Waals surface area contributed by atoms with Crippen LogP contribution in [0.3, 0.4) is 0 Å². The van der Waals surface area contributed by atoms with Crippen LogP contribution in [0.4, 0.5) is 0 Å². The second-order valence-corrected chi connectivity index (χ2v) is 2.13. The van der Waals surface area contributed by atoms with E-state index in [1.54, 1.807) is 12.4 Å². The average molecular weight is 183 g/mol. The Balaban J connectivity index is 0.000000226. The van der Waals surface area contributed by atoms with Crippen molar-refractivity contribution in [1.29, 1.82) is 0 Å². The SMILES string of the molecule is Cc1ccncc1.O=C(O)C(=O)O. The monoisotopic (exact) mass is 183 g/mol. The number of pyridine rings is 1. The summed E-state index contributed by atoms with van der Waals surface area (Å²) in [7, 11) is 0. The van der Waals surface area contributed by atoms with E-state index in [2.05, 4.69) is 4.98 Å². The predicted molar refractivity (Wildman–Crippen MR) is 44.2 cm³/mol. The molecule has 5 heteroatoms. The molecule has 0 aliphatic rings. The van der Waals surface area contributed by atoms with Gasteiger partial charge in [0.15, 0.2) is 0 Å². The zero-order valence-electron chi connectivity index (χ0n) is 6.97. The maximum atomic E-state index is 9.10. The Morgan fingerprint density at radius 3 is 1.69 bits per heavy atom. The number of nitrogens with zero attached hydrogens (tertiary/aromatic N) is 1. The first-order valence-electron chi connectivity index (χ1n) is 3.37. The Bertz CT molecular complexity index is 271. The molecule has 1 aromatic heterocycles. The fourth-order valence-corrected chi connectivity index (χ4v) is 0.426. The molecule has 2 N–H and O–H groups in total. The molecule has 0 amide bonds. The minimum absolute atomic E-state index is 1.26. The molecule has 1 rings (SSSR count). The van der Waals surface area contributed by atoms with Gasteiger partial charge in [0.25, 0.3) is 0 Å². The Morgan fingerprint density at radius 2 is 1.54 bits per heavy atom. The lowest BCUT2D eigenvalue weighted by Gasteiger charge is -1.82.